The lowest BCUT2D eigenvalue weighted by Crippen LogP contribution is -2.29. The molecule has 0 atom stereocenters. The number of carbonyl (C=O) groups excluding carboxylic acids is 1. The van der Waals surface area contributed by atoms with Crippen molar-refractivity contribution < 1.29 is 9.53 Å². The smallest absolute Gasteiger partial charge is 0.236 e. The summed E-state index contributed by atoms with van der Waals surface area (Å²) in [6, 6.07) is 7.36. The van der Waals surface area contributed by atoms with E-state index in [4.69, 9.17) is 10.5 Å². The van der Waals surface area contributed by atoms with Crippen molar-refractivity contribution in [2.24, 2.45) is 0 Å². The van der Waals surface area contributed by atoms with Crippen LogP contribution >= 0.6 is 11.8 Å². The maximum Gasteiger partial charge on any atom is 0.236 e. The van der Waals surface area contributed by atoms with Crippen LogP contribution in [0.2, 0.25) is 0 Å². The third-order valence-electron chi connectivity index (χ3n) is 3.27. The SMILES string of the molecule is CN(C(=O)CSC1CCOCC1)c1ccc(N)cc1. The molecule has 19 heavy (non-hydrogen) atoms. The minimum absolute atomic E-state index is 0.126. The van der Waals surface area contributed by atoms with Crippen molar-refractivity contribution in [2.45, 2.75) is 18.1 Å². The van der Waals surface area contributed by atoms with Crippen molar-refractivity contribution in [3.05, 3.63) is 24.3 Å². The first-order valence-corrected chi connectivity index (χ1v) is 7.53. The van der Waals surface area contributed by atoms with Gasteiger partial charge in [0, 0.05) is 36.9 Å². The first kappa shape index (κ1) is 14.2. The van der Waals surface area contributed by atoms with Crippen LogP contribution in [-0.2, 0) is 9.53 Å². The number of thioether (sulfide) groups is 1. The molecule has 1 aliphatic heterocycles. The van der Waals surface area contributed by atoms with Crippen LogP contribution in [0.4, 0.5) is 11.4 Å². The van der Waals surface area contributed by atoms with E-state index in [0.717, 1.165) is 31.7 Å². The third-order valence-corrected chi connectivity index (χ3v) is 4.62. The molecule has 2 N–H and O–H groups in total. The number of hydrogen-bond donors (Lipinski definition) is 1. The quantitative estimate of drug-likeness (QED) is 0.859. The first-order chi connectivity index (χ1) is 9.16. The second kappa shape index (κ2) is 6.82. The molecular formula is C14H20N2O2S. The average molecular weight is 280 g/mol. The number of ether oxygens (including phenoxy) is 1. The van der Waals surface area contributed by atoms with Gasteiger partial charge in [-0.15, -0.1) is 11.8 Å². The Morgan fingerprint density at radius 1 is 1.37 bits per heavy atom. The van der Waals surface area contributed by atoms with Gasteiger partial charge in [-0.25, -0.2) is 0 Å². The minimum Gasteiger partial charge on any atom is -0.399 e. The zero-order valence-electron chi connectivity index (χ0n) is 11.2. The van der Waals surface area contributed by atoms with E-state index in [2.05, 4.69) is 0 Å². The van der Waals surface area contributed by atoms with Gasteiger partial charge in [0.2, 0.25) is 5.91 Å². The zero-order chi connectivity index (χ0) is 13.7. The highest BCUT2D eigenvalue weighted by Gasteiger charge is 2.17. The maximum absolute atomic E-state index is 12.1. The van der Waals surface area contributed by atoms with Gasteiger partial charge in [0.25, 0.3) is 0 Å². The number of anilines is 2. The molecule has 1 fully saturated rings. The highest BCUT2D eigenvalue weighted by Crippen LogP contribution is 2.23. The van der Waals surface area contributed by atoms with E-state index in [1.54, 1.807) is 23.7 Å². The minimum atomic E-state index is 0.126. The number of benzene rings is 1. The van der Waals surface area contributed by atoms with Gasteiger partial charge in [-0.2, -0.15) is 0 Å². The highest BCUT2D eigenvalue weighted by atomic mass is 32.2. The van der Waals surface area contributed by atoms with E-state index < -0.39 is 0 Å². The molecule has 2 rings (SSSR count). The van der Waals surface area contributed by atoms with Gasteiger partial charge in [-0.05, 0) is 37.1 Å². The monoisotopic (exact) mass is 280 g/mol. The highest BCUT2D eigenvalue weighted by molar-refractivity contribution is 8.00. The van der Waals surface area contributed by atoms with Crippen LogP contribution in [0.25, 0.3) is 0 Å². The Labute approximate surface area is 118 Å². The number of nitrogens with two attached hydrogens (primary N) is 1. The lowest BCUT2D eigenvalue weighted by atomic mass is 10.2. The summed E-state index contributed by atoms with van der Waals surface area (Å²) < 4.78 is 5.31. The van der Waals surface area contributed by atoms with Crippen LogP contribution < -0.4 is 10.6 Å². The summed E-state index contributed by atoms with van der Waals surface area (Å²) in [5.74, 6) is 0.646. The van der Waals surface area contributed by atoms with Gasteiger partial charge in [0.05, 0.1) is 5.75 Å². The molecule has 1 amide bonds. The molecular weight excluding hydrogens is 260 g/mol. The Kier molecular flexibility index (Phi) is 5.10. The fourth-order valence-corrected chi connectivity index (χ4v) is 3.07. The van der Waals surface area contributed by atoms with Crippen LogP contribution in [0.1, 0.15) is 12.8 Å². The summed E-state index contributed by atoms with van der Waals surface area (Å²) in [6.45, 7) is 1.64. The molecule has 0 spiro atoms. The number of nitrogens with zero attached hydrogens (tertiary/aromatic N) is 1. The van der Waals surface area contributed by atoms with E-state index >= 15 is 0 Å². The predicted molar refractivity (Wildman–Crippen MR) is 80.6 cm³/mol. The van der Waals surface area contributed by atoms with Crippen molar-refractivity contribution in [3.63, 3.8) is 0 Å². The molecule has 4 nitrogen and oxygen atoms in total. The fourth-order valence-electron chi connectivity index (χ4n) is 1.97. The van der Waals surface area contributed by atoms with Crippen molar-refractivity contribution in [2.75, 3.05) is 36.6 Å². The summed E-state index contributed by atoms with van der Waals surface area (Å²) >= 11 is 1.74. The van der Waals surface area contributed by atoms with Crippen LogP contribution in [0, 0.1) is 0 Å². The molecule has 0 aromatic heterocycles. The molecule has 1 aliphatic rings. The van der Waals surface area contributed by atoms with Crippen LogP contribution in [-0.4, -0.2) is 37.2 Å². The number of amides is 1. The topological polar surface area (TPSA) is 55.6 Å². The number of rotatable bonds is 4. The molecule has 0 saturated carbocycles. The van der Waals surface area contributed by atoms with Crippen molar-refractivity contribution >= 4 is 29.0 Å². The van der Waals surface area contributed by atoms with Gasteiger partial charge < -0.3 is 15.4 Å². The molecule has 1 saturated heterocycles. The van der Waals surface area contributed by atoms with Gasteiger partial charge in [-0.1, -0.05) is 0 Å². The van der Waals surface area contributed by atoms with E-state index in [0.29, 0.717) is 16.7 Å². The largest absolute Gasteiger partial charge is 0.399 e. The van der Waals surface area contributed by atoms with Crippen LogP contribution in [0.5, 0.6) is 0 Å². The summed E-state index contributed by atoms with van der Waals surface area (Å²) in [7, 11) is 1.80. The molecule has 1 aromatic carbocycles. The molecule has 5 heteroatoms. The first-order valence-electron chi connectivity index (χ1n) is 6.48. The Morgan fingerprint density at radius 2 is 2.00 bits per heavy atom. The van der Waals surface area contributed by atoms with E-state index in [-0.39, 0.29) is 5.91 Å². The van der Waals surface area contributed by atoms with Gasteiger partial charge in [-0.3, -0.25) is 4.79 Å². The van der Waals surface area contributed by atoms with Crippen molar-refractivity contribution in [1.82, 2.24) is 0 Å². The lowest BCUT2D eigenvalue weighted by Gasteiger charge is -2.23. The van der Waals surface area contributed by atoms with Gasteiger partial charge in [0.1, 0.15) is 0 Å². The summed E-state index contributed by atoms with van der Waals surface area (Å²) in [5.41, 5.74) is 7.23. The number of carbonyl (C=O) groups is 1. The fraction of sp³-hybridized carbons (Fsp3) is 0.500. The normalized spacial score (nSPS) is 16.3. The van der Waals surface area contributed by atoms with E-state index in [1.807, 2.05) is 24.3 Å². The molecule has 0 aliphatic carbocycles. The molecule has 1 heterocycles. The zero-order valence-corrected chi connectivity index (χ0v) is 12.0. The predicted octanol–water partition coefficient (Wildman–Crippen LogP) is 2.14. The van der Waals surface area contributed by atoms with Crippen molar-refractivity contribution in [1.29, 1.82) is 0 Å². The lowest BCUT2D eigenvalue weighted by molar-refractivity contribution is -0.115. The summed E-state index contributed by atoms with van der Waals surface area (Å²) in [6.07, 6.45) is 2.09. The average Bonchev–Trinajstić information content (AvgIpc) is 2.46. The Balaban J connectivity index is 1.83. The van der Waals surface area contributed by atoms with Crippen LogP contribution in [0.15, 0.2) is 24.3 Å². The molecule has 1 aromatic rings. The van der Waals surface area contributed by atoms with Crippen molar-refractivity contribution in [3.8, 4) is 0 Å². The van der Waals surface area contributed by atoms with E-state index in [1.165, 1.54) is 0 Å². The second-order valence-electron chi connectivity index (χ2n) is 4.67. The number of hydrogen-bond acceptors (Lipinski definition) is 4. The molecule has 104 valence electrons. The van der Waals surface area contributed by atoms with E-state index in [9.17, 15) is 4.79 Å². The summed E-state index contributed by atoms with van der Waals surface area (Å²) in [4.78, 5) is 13.8. The Bertz CT molecular complexity index is 416. The maximum atomic E-state index is 12.1. The summed E-state index contributed by atoms with van der Waals surface area (Å²) in [5, 5.41) is 0.553. The van der Waals surface area contributed by atoms with Gasteiger partial charge in [0.15, 0.2) is 0 Å². The molecule has 0 unspecified atom stereocenters. The Hall–Kier alpha value is -1.20. The molecule has 0 bridgehead atoms. The Morgan fingerprint density at radius 3 is 2.63 bits per heavy atom. The second-order valence-corrected chi connectivity index (χ2v) is 5.96. The van der Waals surface area contributed by atoms with Crippen LogP contribution in [0.3, 0.4) is 0 Å². The standard InChI is InChI=1S/C14H20N2O2S/c1-16(12-4-2-11(15)3-5-12)14(17)10-19-13-6-8-18-9-7-13/h2-5,13H,6-10,15H2,1H3. The molecule has 0 radical (unpaired) electrons. The number of nitrogen functional groups attached to an aromatic ring is 1. The van der Waals surface area contributed by atoms with Gasteiger partial charge >= 0.3 is 0 Å². The third kappa shape index (κ3) is 4.14.